The summed E-state index contributed by atoms with van der Waals surface area (Å²) in [7, 11) is 0. The Hall–Kier alpha value is -0.900. The lowest BCUT2D eigenvalue weighted by Crippen LogP contribution is -2.27. The zero-order valence-corrected chi connectivity index (χ0v) is 8.37. The van der Waals surface area contributed by atoms with Crippen molar-refractivity contribution in [1.82, 2.24) is 0 Å². The van der Waals surface area contributed by atoms with Crippen molar-refractivity contribution in [2.24, 2.45) is 5.73 Å². The van der Waals surface area contributed by atoms with Crippen LogP contribution < -0.4 is 5.73 Å². The van der Waals surface area contributed by atoms with Gasteiger partial charge >= 0.3 is 5.97 Å². The van der Waals surface area contributed by atoms with Crippen LogP contribution >= 0.6 is 0 Å². The molecule has 0 aromatic heterocycles. The summed E-state index contributed by atoms with van der Waals surface area (Å²) in [5.41, 5.74) is 4.84. The minimum absolute atomic E-state index is 0.192. The summed E-state index contributed by atoms with van der Waals surface area (Å²) in [5.74, 6) is -0.315. The quantitative estimate of drug-likeness (QED) is 0.518. The fourth-order valence-electron chi connectivity index (χ4n) is 0.745. The Balaban J connectivity index is 3.70. The standard InChI is InChI=1S/C9H17NO3/c1-9(2,3)13-8(12)5-4-7(10)6-11/h6-7H,4-5,10H2,1-3H3. The van der Waals surface area contributed by atoms with Gasteiger partial charge in [0, 0.05) is 6.42 Å². The average Bonchev–Trinajstić information content (AvgIpc) is 1.97. The lowest BCUT2D eigenvalue weighted by molar-refractivity contribution is -0.154. The number of nitrogens with two attached hydrogens (primary N) is 1. The minimum Gasteiger partial charge on any atom is -0.460 e. The van der Waals surface area contributed by atoms with Gasteiger partial charge in [-0.3, -0.25) is 4.79 Å². The molecular weight excluding hydrogens is 170 g/mol. The van der Waals surface area contributed by atoms with E-state index in [2.05, 4.69) is 0 Å². The smallest absolute Gasteiger partial charge is 0.306 e. The maximum absolute atomic E-state index is 11.1. The highest BCUT2D eigenvalue weighted by Crippen LogP contribution is 2.09. The van der Waals surface area contributed by atoms with Crippen LogP contribution in [0.15, 0.2) is 0 Å². The molecule has 1 unspecified atom stereocenters. The first kappa shape index (κ1) is 12.1. The Morgan fingerprint density at radius 2 is 2.08 bits per heavy atom. The van der Waals surface area contributed by atoms with E-state index in [0.29, 0.717) is 12.7 Å². The molecular formula is C9H17NO3. The van der Waals surface area contributed by atoms with E-state index >= 15 is 0 Å². The van der Waals surface area contributed by atoms with E-state index in [9.17, 15) is 9.59 Å². The highest BCUT2D eigenvalue weighted by molar-refractivity contribution is 5.70. The first-order valence-corrected chi connectivity index (χ1v) is 4.28. The maximum Gasteiger partial charge on any atom is 0.306 e. The Kier molecular flexibility index (Phi) is 4.62. The number of rotatable bonds is 4. The van der Waals surface area contributed by atoms with Crippen molar-refractivity contribution in [2.75, 3.05) is 0 Å². The second-order valence-electron chi connectivity index (χ2n) is 3.93. The predicted molar refractivity (Wildman–Crippen MR) is 49.1 cm³/mol. The summed E-state index contributed by atoms with van der Waals surface area (Å²) in [5, 5.41) is 0. The molecule has 0 aliphatic rings. The van der Waals surface area contributed by atoms with Gasteiger partial charge in [-0.05, 0) is 27.2 Å². The third-order valence-electron chi connectivity index (χ3n) is 1.28. The van der Waals surface area contributed by atoms with E-state index in [1.807, 2.05) is 0 Å². The summed E-state index contributed by atoms with van der Waals surface area (Å²) in [4.78, 5) is 21.2. The SMILES string of the molecule is CC(C)(C)OC(=O)CCC(N)C=O. The third kappa shape index (κ3) is 7.46. The second kappa shape index (κ2) is 4.97. The first-order chi connectivity index (χ1) is 5.85. The van der Waals surface area contributed by atoms with Crippen LogP contribution in [-0.4, -0.2) is 23.9 Å². The highest BCUT2D eigenvalue weighted by Gasteiger charge is 2.16. The minimum atomic E-state index is -0.562. The van der Waals surface area contributed by atoms with Gasteiger partial charge in [0.25, 0.3) is 0 Å². The molecule has 0 fully saturated rings. The van der Waals surface area contributed by atoms with Gasteiger partial charge in [-0.15, -0.1) is 0 Å². The fourth-order valence-corrected chi connectivity index (χ4v) is 0.745. The molecule has 4 nitrogen and oxygen atoms in total. The normalized spacial score (nSPS) is 13.5. The molecule has 1 atom stereocenters. The van der Waals surface area contributed by atoms with E-state index in [0.717, 1.165) is 0 Å². The molecule has 0 aromatic carbocycles. The summed E-state index contributed by atoms with van der Waals surface area (Å²) >= 11 is 0. The van der Waals surface area contributed by atoms with E-state index < -0.39 is 11.6 Å². The molecule has 0 aromatic rings. The summed E-state index contributed by atoms with van der Waals surface area (Å²) < 4.78 is 5.02. The molecule has 0 spiro atoms. The van der Waals surface area contributed by atoms with Gasteiger partial charge in [-0.2, -0.15) is 0 Å². The van der Waals surface area contributed by atoms with Crippen LogP contribution in [0.3, 0.4) is 0 Å². The van der Waals surface area contributed by atoms with Gasteiger partial charge in [-0.1, -0.05) is 0 Å². The number of aldehydes is 1. The second-order valence-corrected chi connectivity index (χ2v) is 3.93. The number of carbonyl (C=O) groups excluding carboxylic acids is 2. The number of hydrogen-bond acceptors (Lipinski definition) is 4. The fraction of sp³-hybridized carbons (Fsp3) is 0.778. The lowest BCUT2D eigenvalue weighted by atomic mass is 10.1. The third-order valence-corrected chi connectivity index (χ3v) is 1.28. The van der Waals surface area contributed by atoms with Crippen LogP contribution in [0.25, 0.3) is 0 Å². The summed E-state index contributed by atoms with van der Waals surface area (Å²) in [6.45, 7) is 5.39. The Bertz CT molecular complexity index is 184. The predicted octanol–water partition coefficient (Wildman–Crippen LogP) is 0.634. The molecule has 0 saturated heterocycles. The van der Waals surface area contributed by atoms with Gasteiger partial charge in [0.1, 0.15) is 11.9 Å². The Labute approximate surface area is 78.4 Å². The van der Waals surface area contributed by atoms with Crippen molar-refractivity contribution < 1.29 is 14.3 Å². The number of ether oxygens (including phenoxy) is 1. The Morgan fingerprint density at radius 3 is 2.46 bits per heavy atom. The number of carbonyl (C=O) groups is 2. The molecule has 76 valence electrons. The van der Waals surface area contributed by atoms with Crippen LogP contribution in [-0.2, 0) is 14.3 Å². The maximum atomic E-state index is 11.1. The van der Waals surface area contributed by atoms with Crippen molar-refractivity contribution in [2.45, 2.75) is 45.3 Å². The van der Waals surface area contributed by atoms with Crippen LogP contribution in [0.2, 0.25) is 0 Å². The zero-order chi connectivity index (χ0) is 10.5. The molecule has 2 N–H and O–H groups in total. The molecule has 0 saturated carbocycles. The van der Waals surface area contributed by atoms with E-state index in [1.54, 1.807) is 20.8 Å². The van der Waals surface area contributed by atoms with Crippen molar-refractivity contribution in [3.05, 3.63) is 0 Å². The average molecular weight is 187 g/mol. The van der Waals surface area contributed by atoms with Gasteiger partial charge in [0.05, 0.1) is 6.04 Å². The van der Waals surface area contributed by atoms with Gasteiger partial charge < -0.3 is 15.3 Å². The molecule has 0 heterocycles. The molecule has 0 aliphatic carbocycles. The van der Waals surface area contributed by atoms with Crippen LogP contribution in [0.4, 0.5) is 0 Å². The first-order valence-electron chi connectivity index (χ1n) is 4.28. The molecule has 0 rings (SSSR count). The van der Waals surface area contributed by atoms with Crippen molar-refractivity contribution >= 4 is 12.3 Å². The lowest BCUT2D eigenvalue weighted by Gasteiger charge is -2.19. The van der Waals surface area contributed by atoms with E-state index in [4.69, 9.17) is 10.5 Å². The van der Waals surface area contributed by atoms with Gasteiger partial charge in [0.2, 0.25) is 0 Å². The van der Waals surface area contributed by atoms with Crippen molar-refractivity contribution in [3.63, 3.8) is 0 Å². The molecule has 0 amide bonds. The Morgan fingerprint density at radius 1 is 1.54 bits per heavy atom. The van der Waals surface area contributed by atoms with Crippen LogP contribution in [0.1, 0.15) is 33.6 Å². The molecule has 0 bridgehead atoms. The van der Waals surface area contributed by atoms with E-state index in [-0.39, 0.29) is 12.4 Å². The largest absolute Gasteiger partial charge is 0.460 e. The topological polar surface area (TPSA) is 69.4 Å². The number of esters is 1. The number of hydrogen-bond donors (Lipinski definition) is 1. The monoisotopic (exact) mass is 187 g/mol. The van der Waals surface area contributed by atoms with Crippen molar-refractivity contribution in [3.8, 4) is 0 Å². The van der Waals surface area contributed by atoms with Crippen molar-refractivity contribution in [1.29, 1.82) is 0 Å². The van der Waals surface area contributed by atoms with Crippen LogP contribution in [0.5, 0.6) is 0 Å². The molecule has 0 radical (unpaired) electrons. The molecule has 13 heavy (non-hydrogen) atoms. The summed E-state index contributed by atoms with van der Waals surface area (Å²) in [6.07, 6.45) is 1.17. The van der Waals surface area contributed by atoms with Gasteiger partial charge in [0.15, 0.2) is 0 Å². The zero-order valence-electron chi connectivity index (χ0n) is 8.37. The van der Waals surface area contributed by atoms with Gasteiger partial charge in [-0.25, -0.2) is 0 Å². The summed E-state index contributed by atoms with van der Waals surface area (Å²) in [6, 6.07) is -0.562. The molecule has 4 heteroatoms. The highest BCUT2D eigenvalue weighted by atomic mass is 16.6. The van der Waals surface area contributed by atoms with E-state index in [1.165, 1.54) is 0 Å². The molecule has 0 aliphatic heterocycles. The van der Waals surface area contributed by atoms with Crippen LogP contribution in [0, 0.1) is 0 Å².